The Bertz CT molecular complexity index is 3300. The second kappa shape index (κ2) is 51.3. The zero-order valence-corrected chi connectivity index (χ0v) is 84.3. The van der Waals surface area contributed by atoms with Crippen molar-refractivity contribution in [2.75, 3.05) is 118 Å². The third-order valence-corrected chi connectivity index (χ3v) is 33.2. The first kappa shape index (κ1) is 110. The molecular weight excluding hydrogens is 1570 g/mol. The van der Waals surface area contributed by atoms with E-state index >= 15 is 0 Å². The molecule has 0 aliphatic heterocycles. The molecule has 16 nitrogen and oxygen atoms in total. The summed E-state index contributed by atoms with van der Waals surface area (Å²) in [5, 5.41) is 39.2. The molecule has 3 saturated carbocycles. The van der Waals surface area contributed by atoms with Crippen LogP contribution in [-0.4, -0.2) is 164 Å². The van der Waals surface area contributed by atoms with E-state index in [1.165, 1.54) is 152 Å². The quantitative estimate of drug-likeness (QED) is 0.0146. The molecule has 716 valence electrons. The lowest BCUT2D eigenvalue weighted by molar-refractivity contribution is -0.924. The van der Waals surface area contributed by atoms with E-state index in [1.54, 1.807) is 33.4 Å². The summed E-state index contributed by atoms with van der Waals surface area (Å²) in [6, 6.07) is 0. The Kier molecular flexibility index (Phi) is 45.0. The van der Waals surface area contributed by atoms with Gasteiger partial charge in [-0.05, 0) is 259 Å². The van der Waals surface area contributed by atoms with Gasteiger partial charge in [0.05, 0.1) is 94.8 Å². The highest BCUT2D eigenvalue weighted by atomic mass is 31.2. The molecule has 0 aromatic heterocycles. The number of amides is 3. The predicted octanol–water partition coefficient (Wildman–Crippen LogP) is 21.1. The fraction of sp³-hybridized carbons (Fsp3) is 0.806. The number of nitrogens with zero attached hydrogens (tertiary/aromatic N) is 3. The summed E-state index contributed by atoms with van der Waals surface area (Å²) in [6.45, 7) is 69.6. The maximum Gasteiger partial charge on any atom is 0.226 e. The zero-order chi connectivity index (χ0) is 92.7. The van der Waals surface area contributed by atoms with Crippen molar-refractivity contribution in [1.82, 2.24) is 16.0 Å². The van der Waals surface area contributed by atoms with Gasteiger partial charge in [0.25, 0.3) is 0 Å². The maximum absolute atomic E-state index is 13.9. The molecule has 0 saturated heterocycles. The molecule has 6 N–H and O–H groups in total. The molecule has 17 heteroatoms. The lowest BCUT2D eigenvalue weighted by Crippen LogP contribution is -2.56. The number of hydrogen-bond donors (Lipinski definition) is 6. The standard InChI is InChI=1S/3C36H62N2O2.H3O4P/c3*1-8-9-10-11-22-38(24-14-25-39,27-28(2)3)23-13-21-37-34(40)36(7)20-12-19-35(6)32-17-15-30(29(4)5)26-31(32)16-18-33(35)36;1-5(2,3)4/h3*16,26,29,32-33,39H,2,8-15,17-25,27H2,1,3-7H3;(H3,1,2,3,4)/t3*32-,33?,35-,36+,38?;/m111./s1. The molecule has 0 aromatic rings. The van der Waals surface area contributed by atoms with Crippen molar-refractivity contribution in [3.8, 4) is 0 Å². The first-order valence-corrected chi connectivity index (χ1v) is 52.6. The van der Waals surface area contributed by atoms with E-state index in [0.717, 1.165) is 208 Å². The Labute approximate surface area is 765 Å². The molecule has 0 radical (unpaired) electrons. The SMILES string of the molecule is C=C(C)C[N+](CCCO)(CCCCCC)CCCNC(=O)[C@@]1(C)CCC[C@@]2(C)C1CC=C1C=C(C(C)C)CC[C@H]12.C=C(C)C[N+](CCCO)(CCCCCC)CCCNC(=O)[C@@]1(C)CCC[C@@]2(C)C1CC=C1C=C(C(C)C)CC[C@H]12.C=C(C)C[N+](CCCO)(CCCCCC)CCCNC(=O)[C@@]1(C)CCC[C@@]2(C)C1CC=C1C=C(C(C)C)CC[C@H]12.O=P([O-])([O-])[O-]. The molecule has 9 aliphatic carbocycles. The Morgan fingerprint density at radius 2 is 0.632 bits per heavy atom. The largest absolute Gasteiger partial charge is 0.822 e. The molecule has 0 spiro atoms. The van der Waals surface area contributed by atoms with Crippen LogP contribution in [0.4, 0.5) is 0 Å². The Balaban J connectivity index is 0.000000281. The van der Waals surface area contributed by atoms with Crippen LogP contribution in [-0.2, 0) is 18.9 Å². The van der Waals surface area contributed by atoms with Crippen molar-refractivity contribution < 1.29 is 62.4 Å². The number of carbonyl (C=O) groups excluding carboxylic acids is 3. The molecule has 0 aromatic carbocycles. The van der Waals surface area contributed by atoms with Crippen molar-refractivity contribution in [2.24, 2.45) is 85.8 Å². The number of aliphatic hydroxyl groups is 3. The summed E-state index contributed by atoms with van der Waals surface area (Å²) in [7, 11) is -5.39. The summed E-state index contributed by atoms with van der Waals surface area (Å²) in [4.78, 5) is 67.5. The minimum atomic E-state index is -5.39. The second-order valence-corrected chi connectivity index (χ2v) is 45.2. The minimum Gasteiger partial charge on any atom is -0.822 e. The van der Waals surface area contributed by atoms with Crippen LogP contribution in [0.25, 0.3) is 0 Å². The fourth-order valence-electron chi connectivity index (χ4n) is 26.6. The van der Waals surface area contributed by atoms with E-state index in [9.17, 15) is 29.7 Å². The first-order chi connectivity index (χ1) is 59.0. The van der Waals surface area contributed by atoms with Gasteiger partial charge in [-0.1, -0.05) is 235 Å². The number of fused-ring (bicyclic) bond motifs is 9. The zero-order valence-electron chi connectivity index (χ0n) is 83.5. The van der Waals surface area contributed by atoms with Gasteiger partial charge >= 0.3 is 0 Å². The number of quaternary nitrogens is 3. The highest BCUT2D eigenvalue weighted by Gasteiger charge is 2.60. The molecule has 9 rings (SSSR count). The number of hydrogen-bond acceptors (Lipinski definition) is 10. The highest BCUT2D eigenvalue weighted by Crippen LogP contribution is 2.65. The average Bonchev–Trinajstić information content (AvgIpc) is 0.732. The van der Waals surface area contributed by atoms with Crippen molar-refractivity contribution >= 4 is 25.5 Å². The van der Waals surface area contributed by atoms with Crippen LogP contribution in [0, 0.1) is 85.8 Å². The van der Waals surface area contributed by atoms with Gasteiger partial charge in [0.1, 0.15) is 0 Å². The lowest BCUT2D eigenvalue weighted by Gasteiger charge is -2.57. The predicted molar refractivity (Wildman–Crippen MR) is 517 cm³/mol. The summed E-state index contributed by atoms with van der Waals surface area (Å²) in [5.74, 6) is 5.77. The summed E-state index contributed by atoms with van der Waals surface area (Å²) < 4.78 is 11.5. The number of nitrogens with one attached hydrogen (secondary N) is 3. The molecule has 3 amide bonds. The van der Waals surface area contributed by atoms with E-state index in [4.69, 9.17) is 19.2 Å². The van der Waals surface area contributed by atoms with Crippen LogP contribution in [0.5, 0.6) is 0 Å². The second-order valence-electron chi connectivity index (χ2n) is 44.3. The van der Waals surface area contributed by atoms with Crippen molar-refractivity contribution in [2.45, 2.75) is 356 Å². The Morgan fingerprint density at radius 3 is 0.848 bits per heavy atom. The van der Waals surface area contributed by atoms with Crippen molar-refractivity contribution in [3.63, 3.8) is 0 Å². The molecule has 0 bridgehead atoms. The molecule has 3 fully saturated rings. The normalized spacial score (nSPS) is 28.9. The van der Waals surface area contributed by atoms with Crippen LogP contribution in [0.1, 0.15) is 356 Å². The Morgan fingerprint density at radius 1 is 0.400 bits per heavy atom. The van der Waals surface area contributed by atoms with Crippen LogP contribution < -0.4 is 30.6 Å². The fourth-order valence-corrected chi connectivity index (χ4v) is 26.6. The monoisotopic (exact) mass is 1760 g/mol. The summed E-state index contributed by atoms with van der Waals surface area (Å²) in [6.07, 6.45) is 56.2. The number of phosphoric acid groups is 1. The summed E-state index contributed by atoms with van der Waals surface area (Å²) >= 11 is 0. The smallest absolute Gasteiger partial charge is 0.226 e. The topological polar surface area (TPSA) is 234 Å². The molecule has 0 heterocycles. The number of aliphatic hydroxyl groups excluding tert-OH is 3. The van der Waals surface area contributed by atoms with E-state index in [0.29, 0.717) is 53.3 Å². The molecule has 15 atom stereocenters. The minimum absolute atomic E-state index is 0.212. The number of carbonyl (C=O) groups is 3. The highest BCUT2D eigenvalue weighted by molar-refractivity contribution is 7.40. The van der Waals surface area contributed by atoms with Crippen LogP contribution in [0.3, 0.4) is 0 Å². The third kappa shape index (κ3) is 30.7. The van der Waals surface area contributed by atoms with Crippen LogP contribution in [0.15, 0.2) is 106 Å². The van der Waals surface area contributed by atoms with Crippen molar-refractivity contribution in [1.29, 1.82) is 0 Å². The molecule has 9 aliphatic rings. The first-order valence-electron chi connectivity index (χ1n) is 51.1. The van der Waals surface area contributed by atoms with E-state index in [-0.39, 0.29) is 70.0 Å². The van der Waals surface area contributed by atoms with Crippen LogP contribution in [0.2, 0.25) is 0 Å². The van der Waals surface area contributed by atoms with E-state index < -0.39 is 7.82 Å². The number of rotatable bonds is 48. The Hall–Kier alpha value is -4.06. The number of allylic oxidation sites excluding steroid dienone is 12. The van der Waals surface area contributed by atoms with Crippen molar-refractivity contribution in [3.05, 3.63) is 106 Å². The van der Waals surface area contributed by atoms with Gasteiger partial charge in [-0.25, -0.2) is 0 Å². The summed E-state index contributed by atoms with van der Waals surface area (Å²) in [5.41, 5.74) is 12.9. The van der Waals surface area contributed by atoms with Gasteiger partial charge < -0.3 is 64.0 Å². The molecular formula is C108H189N6O10P. The molecule has 125 heavy (non-hydrogen) atoms. The lowest BCUT2D eigenvalue weighted by atomic mass is 9.46. The van der Waals surface area contributed by atoms with Gasteiger partial charge in [0.15, 0.2) is 0 Å². The molecule has 6 unspecified atom stereocenters. The van der Waals surface area contributed by atoms with Gasteiger partial charge in [0, 0.05) is 78.0 Å². The van der Waals surface area contributed by atoms with Crippen LogP contribution >= 0.6 is 7.82 Å². The van der Waals surface area contributed by atoms with Gasteiger partial charge in [-0.15, -0.1) is 0 Å². The van der Waals surface area contributed by atoms with E-state index in [1.807, 2.05) is 0 Å². The van der Waals surface area contributed by atoms with Gasteiger partial charge in [-0.2, -0.15) is 7.82 Å². The maximum atomic E-state index is 13.9. The average molecular weight is 1760 g/mol. The van der Waals surface area contributed by atoms with Gasteiger partial charge in [0.2, 0.25) is 17.7 Å². The number of unbranched alkanes of at least 4 members (excludes halogenated alkanes) is 9. The third-order valence-electron chi connectivity index (χ3n) is 33.2. The van der Waals surface area contributed by atoms with Gasteiger partial charge in [-0.3, -0.25) is 14.4 Å². The van der Waals surface area contributed by atoms with E-state index in [2.05, 4.69) is 197 Å².